The molecule has 34 heavy (non-hydrogen) atoms. The second-order valence-corrected chi connectivity index (χ2v) is 10.6. The second kappa shape index (κ2) is 8.42. The Labute approximate surface area is 200 Å². The highest BCUT2D eigenvalue weighted by atomic mass is 19.1. The van der Waals surface area contributed by atoms with Crippen LogP contribution in [0.3, 0.4) is 0 Å². The van der Waals surface area contributed by atoms with Gasteiger partial charge in [0, 0.05) is 28.9 Å². The first-order chi connectivity index (χ1) is 16.1. The van der Waals surface area contributed by atoms with Gasteiger partial charge in [-0.3, -0.25) is 4.79 Å². The van der Waals surface area contributed by atoms with E-state index in [4.69, 9.17) is 23.5 Å². The van der Waals surface area contributed by atoms with Crippen LogP contribution in [-0.4, -0.2) is 44.1 Å². The summed E-state index contributed by atoms with van der Waals surface area (Å²) in [7, 11) is 0.981. The fraction of sp³-hybridized carbons (Fsp3) is 0.577. The average Bonchev–Trinajstić information content (AvgIpc) is 3.43. The van der Waals surface area contributed by atoms with Crippen LogP contribution < -0.4 is 9.47 Å². The summed E-state index contributed by atoms with van der Waals surface area (Å²) in [6, 6.07) is 5.63. The first-order valence-corrected chi connectivity index (χ1v) is 12.0. The smallest absolute Gasteiger partial charge is 0.465 e. The molecule has 2 aliphatic heterocycles. The molecular weight excluding hydrogens is 438 g/mol. The van der Waals surface area contributed by atoms with Crippen LogP contribution in [-0.2, 0) is 18.8 Å². The number of methoxy groups -OCH3 is 1. The molecule has 0 bridgehead atoms. The lowest BCUT2D eigenvalue weighted by Gasteiger charge is -2.32. The van der Waals surface area contributed by atoms with E-state index in [1.807, 2.05) is 45.9 Å². The Hall–Kier alpha value is -2.32. The van der Waals surface area contributed by atoms with Crippen LogP contribution in [0.1, 0.15) is 64.9 Å². The van der Waals surface area contributed by atoms with E-state index in [9.17, 15) is 4.79 Å². The van der Waals surface area contributed by atoms with Crippen molar-refractivity contribution in [3.05, 3.63) is 46.8 Å². The van der Waals surface area contributed by atoms with Gasteiger partial charge >= 0.3 is 13.1 Å². The van der Waals surface area contributed by atoms with Crippen LogP contribution in [0.2, 0.25) is 5.82 Å². The van der Waals surface area contributed by atoms with Crippen molar-refractivity contribution in [1.82, 2.24) is 0 Å². The minimum Gasteiger partial charge on any atom is -0.492 e. The van der Waals surface area contributed by atoms with Gasteiger partial charge in [0.25, 0.3) is 0 Å². The maximum atomic E-state index is 15.1. The van der Waals surface area contributed by atoms with Gasteiger partial charge in [0.2, 0.25) is 0 Å². The molecule has 0 N–H and O–H groups in total. The Morgan fingerprint density at radius 3 is 2.65 bits per heavy atom. The van der Waals surface area contributed by atoms with Gasteiger partial charge in [-0.1, -0.05) is 11.6 Å². The number of esters is 1. The molecule has 0 saturated carbocycles. The van der Waals surface area contributed by atoms with Gasteiger partial charge in [0.1, 0.15) is 23.4 Å². The first-order valence-electron chi connectivity index (χ1n) is 12.0. The number of rotatable bonds is 5. The molecule has 8 heteroatoms. The Bertz CT molecular complexity index is 1050. The first kappa shape index (κ1) is 23.4. The minimum absolute atomic E-state index is 0.0217. The summed E-state index contributed by atoms with van der Waals surface area (Å²) in [6.07, 6.45) is 3.55. The number of halogens is 1. The lowest BCUT2D eigenvalue weighted by atomic mass is 9.63. The summed E-state index contributed by atoms with van der Waals surface area (Å²) in [4.78, 5) is 11.7. The van der Waals surface area contributed by atoms with Crippen LogP contribution >= 0.6 is 0 Å². The van der Waals surface area contributed by atoms with Crippen LogP contribution in [0.25, 0.3) is 0 Å². The van der Waals surface area contributed by atoms with E-state index >= 15 is 4.39 Å². The van der Waals surface area contributed by atoms with E-state index in [0.29, 0.717) is 36.5 Å². The highest BCUT2D eigenvalue weighted by molar-refractivity contribution is 6.48. The molecule has 0 amide bonds. The molecule has 5 rings (SSSR count). The standard InChI is InChI=1S/C26H32BFO6/c1-25(2)26(3,4)34-27(33-25)19-9-10-20(28)24-18(19)8-11-21(24)32-16-6-7-17-15(12-23(29)30-5)14-31-22(17)13-16/h6-7,10,13,15,19,21H,8-9,11-12,14H2,1-5H3. The third-order valence-corrected chi connectivity index (χ3v) is 7.98. The van der Waals surface area contributed by atoms with Crippen LogP contribution in [0, 0.1) is 0 Å². The van der Waals surface area contributed by atoms with Gasteiger partial charge in [0.15, 0.2) is 0 Å². The number of hydrogen-bond acceptors (Lipinski definition) is 6. The highest BCUT2D eigenvalue weighted by Gasteiger charge is 2.55. The topological polar surface area (TPSA) is 63.2 Å². The van der Waals surface area contributed by atoms with E-state index < -0.39 is 18.3 Å². The van der Waals surface area contributed by atoms with Crippen molar-refractivity contribution in [2.45, 2.75) is 82.4 Å². The predicted molar refractivity (Wildman–Crippen MR) is 126 cm³/mol. The molecule has 0 spiro atoms. The number of hydrogen-bond donors (Lipinski definition) is 0. The predicted octanol–water partition coefficient (Wildman–Crippen LogP) is 5.28. The summed E-state index contributed by atoms with van der Waals surface area (Å²) in [6.45, 7) is 8.57. The number of fused-ring (bicyclic) bond motifs is 1. The zero-order chi connectivity index (χ0) is 24.3. The zero-order valence-corrected chi connectivity index (χ0v) is 20.5. The van der Waals surface area contributed by atoms with E-state index in [2.05, 4.69) is 0 Å². The molecule has 182 valence electrons. The van der Waals surface area contributed by atoms with Crippen molar-refractivity contribution in [2.24, 2.45) is 0 Å². The molecule has 0 aromatic heterocycles. The largest absolute Gasteiger partial charge is 0.492 e. The molecule has 3 unspecified atom stereocenters. The van der Waals surface area contributed by atoms with Crippen molar-refractivity contribution in [3.63, 3.8) is 0 Å². The zero-order valence-electron chi connectivity index (χ0n) is 20.5. The average molecular weight is 470 g/mol. The molecule has 2 aliphatic carbocycles. The van der Waals surface area contributed by atoms with Gasteiger partial charge in [-0.15, -0.1) is 0 Å². The SMILES string of the molecule is COC(=O)CC1COc2cc(OC3CCC4=C3C(F)=CCC4B3OC(C)(C)C(C)(C)O3)ccc21. The van der Waals surface area contributed by atoms with Crippen LogP contribution in [0.5, 0.6) is 11.5 Å². The number of allylic oxidation sites excluding steroid dienone is 2. The van der Waals surface area contributed by atoms with Crippen molar-refractivity contribution in [3.8, 4) is 11.5 Å². The van der Waals surface area contributed by atoms with E-state index in [1.54, 1.807) is 6.08 Å². The maximum Gasteiger partial charge on any atom is 0.465 e. The summed E-state index contributed by atoms with van der Waals surface area (Å²) in [5.74, 6) is 0.808. The van der Waals surface area contributed by atoms with Gasteiger partial charge in [-0.05, 0) is 59.1 Å². The molecule has 6 nitrogen and oxygen atoms in total. The molecule has 1 aromatic carbocycles. The van der Waals surface area contributed by atoms with Gasteiger partial charge in [0.05, 0.1) is 31.3 Å². The summed E-state index contributed by atoms with van der Waals surface area (Å²) in [5, 5.41) is 0. The number of carbonyl (C=O) groups excluding carboxylic acids is 1. The number of carbonyl (C=O) groups is 1. The Morgan fingerprint density at radius 2 is 1.94 bits per heavy atom. The molecule has 0 radical (unpaired) electrons. The summed E-state index contributed by atoms with van der Waals surface area (Å²) < 4.78 is 44.5. The van der Waals surface area contributed by atoms with Crippen LogP contribution in [0.4, 0.5) is 4.39 Å². The van der Waals surface area contributed by atoms with Gasteiger partial charge in [-0.25, -0.2) is 4.39 Å². The molecule has 2 heterocycles. The number of benzene rings is 1. The van der Waals surface area contributed by atoms with E-state index in [0.717, 1.165) is 17.6 Å². The molecule has 3 atom stereocenters. The van der Waals surface area contributed by atoms with Gasteiger partial charge < -0.3 is 23.5 Å². The highest BCUT2D eigenvalue weighted by Crippen LogP contribution is 2.51. The summed E-state index contributed by atoms with van der Waals surface area (Å²) in [5.41, 5.74) is 1.79. The molecular formula is C26H32BFO6. The molecule has 1 aromatic rings. The fourth-order valence-corrected chi connectivity index (χ4v) is 5.34. The van der Waals surface area contributed by atoms with E-state index in [1.165, 1.54) is 7.11 Å². The maximum absolute atomic E-state index is 15.1. The molecule has 1 saturated heterocycles. The normalized spacial score (nSPS) is 28.8. The van der Waals surface area contributed by atoms with Crippen LogP contribution in [0.15, 0.2) is 41.2 Å². The van der Waals surface area contributed by atoms with Gasteiger partial charge in [-0.2, -0.15) is 0 Å². The lowest BCUT2D eigenvalue weighted by Crippen LogP contribution is -2.41. The Morgan fingerprint density at radius 1 is 1.21 bits per heavy atom. The Kier molecular flexibility index (Phi) is 5.80. The number of ether oxygens (including phenoxy) is 3. The lowest BCUT2D eigenvalue weighted by molar-refractivity contribution is -0.141. The van der Waals surface area contributed by atoms with Crippen molar-refractivity contribution in [1.29, 1.82) is 0 Å². The second-order valence-electron chi connectivity index (χ2n) is 10.6. The monoisotopic (exact) mass is 470 g/mol. The minimum atomic E-state index is -0.428. The molecule has 4 aliphatic rings. The fourth-order valence-electron chi connectivity index (χ4n) is 5.34. The molecule has 1 fully saturated rings. The summed E-state index contributed by atoms with van der Waals surface area (Å²) >= 11 is 0. The quantitative estimate of drug-likeness (QED) is 0.431. The third kappa shape index (κ3) is 3.95. The van der Waals surface area contributed by atoms with Crippen molar-refractivity contribution >= 4 is 13.1 Å². The van der Waals surface area contributed by atoms with Crippen molar-refractivity contribution < 1.29 is 32.7 Å². The Balaban J connectivity index is 1.34. The van der Waals surface area contributed by atoms with Crippen molar-refractivity contribution in [2.75, 3.05) is 13.7 Å². The third-order valence-electron chi connectivity index (χ3n) is 7.98. The van der Waals surface area contributed by atoms with E-state index in [-0.39, 0.29) is 36.1 Å².